The molecule has 1 N–H and O–H groups in total. The van der Waals surface area contributed by atoms with Crippen molar-refractivity contribution in [2.24, 2.45) is 0 Å². The minimum atomic E-state index is -0.624. The van der Waals surface area contributed by atoms with Gasteiger partial charge in [-0.1, -0.05) is 59.6 Å². The lowest BCUT2D eigenvalue weighted by Gasteiger charge is -2.29. The number of amides is 2. The Balaban J connectivity index is 2.27. The van der Waals surface area contributed by atoms with Crippen LogP contribution >= 0.6 is 23.2 Å². The molecule has 2 aromatic rings. The molecule has 0 heterocycles. The number of carbonyl (C=O) groups is 2. The summed E-state index contributed by atoms with van der Waals surface area (Å²) in [5.74, 6) is -0.403. The van der Waals surface area contributed by atoms with E-state index in [-0.39, 0.29) is 24.3 Å². The molecule has 0 aromatic heterocycles. The average molecular weight is 407 g/mol. The number of benzene rings is 2. The average Bonchev–Trinajstić information content (AvgIpc) is 2.62. The Morgan fingerprint density at radius 2 is 1.56 bits per heavy atom. The van der Waals surface area contributed by atoms with E-state index in [1.165, 1.54) is 0 Å². The molecule has 144 valence electrons. The summed E-state index contributed by atoms with van der Waals surface area (Å²) in [6.45, 7) is 5.83. The van der Waals surface area contributed by atoms with E-state index in [4.69, 9.17) is 23.2 Å². The predicted molar refractivity (Wildman–Crippen MR) is 110 cm³/mol. The molecule has 2 amide bonds. The quantitative estimate of drug-likeness (QED) is 0.736. The van der Waals surface area contributed by atoms with Gasteiger partial charge >= 0.3 is 0 Å². The molecule has 0 aliphatic rings. The molecule has 0 saturated heterocycles. The van der Waals surface area contributed by atoms with Gasteiger partial charge < -0.3 is 10.2 Å². The second kappa shape index (κ2) is 9.77. The first-order chi connectivity index (χ1) is 12.8. The fourth-order valence-electron chi connectivity index (χ4n) is 2.72. The lowest BCUT2D eigenvalue weighted by molar-refractivity contribution is -0.140. The van der Waals surface area contributed by atoms with Crippen LogP contribution < -0.4 is 5.32 Å². The van der Waals surface area contributed by atoms with E-state index < -0.39 is 6.04 Å². The summed E-state index contributed by atoms with van der Waals surface area (Å²) in [6.07, 6.45) is 0.0324. The minimum Gasteiger partial charge on any atom is -0.352 e. The zero-order valence-corrected chi connectivity index (χ0v) is 17.2. The molecule has 0 bridgehead atoms. The Morgan fingerprint density at radius 1 is 0.963 bits per heavy atom. The van der Waals surface area contributed by atoms with Crippen molar-refractivity contribution in [1.29, 1.82) is 0 Å². The van der Waals surface area contributed by atoms with Crippen LogP contribution in [0, 0.1) is 0 Å². The molecule has 6 heteroatoms. The van der Waals surface area contributed by atoms with E-state index in [2.05, 4.69) is 5.32 Å². The molecule has 1 atom stereocenters. The molecule has 4 nitrogen and oxygen atoms in total. The number of hydrogen-bond acceptors (Lipinski definition) is 2. The maximum absolute atomic E-state index is 13.1. The van der Waals surface area contributed by atoms with E-state index in [1.54, 1.807) is 30.0 Å². The smallest absolute Gasteiger partial charge is 0.242 e. The second-order valence-electron chi connectivity index (χ2n) is 6.72. The lowest BCUT2D eigenvalue weighted by atomic mass is 10.1. The third-order valence-electron chi connectivity index (χ3n) is 4.18. The molecule has 1 unspecified atom stereocenters. The van der Waals surface area contributed by atoms with Crippen molar-refractivity contribution < 1.29 is 9.59 Å². The van der Waals surface area contributed by atoms with Crippen molar-refractivity contribution >= 4 is 35.0 Å². The van der Waals surface area contributed by atoms with Crippen molar-refractivity contribution in [1.82, 2.24) is 10.2 Å². The topological polar surface area (TPSA) is 49.4 Å². The Bertz CT molecular complexity index is 774. The maximum atomic E-state index is 13.1. The Hall–Kier alpha value is -2.04. The predicted octanol–water partition coefficient (Wildman–Crippen LogP) is 4.48. The maximum Gasteiger partial charge on any atom is 0.242 e. The van der Waals surface area contributed by atoms with Gasteiger partial charge in [0.15, 0.2) is 0 Å². The molecule has 0 aliphatic carbocycles. The monoisotopic (exact) mass is 406 g/mol. The van der Waals surface area contributed by atoms with Crippen LogP contribution in [0.1, 0.15) is 31.9 Å². The third-order valence-corrected chi connectivity index (χ3v) is 4.89. The van der Waals surface area contributed by atoms with Gasteiger partial charge in [0.2, 0.25) is 11.8 Å². The van der Waals surface area contributed by atoms with E-state index in [0.717, 1.165) is 5.56 Å². The molecule has 2 rings (SSSR count). The third kappa shape index (κ3) is 5.98. The van der Waals surface area contributed by atoms with Gasteiger partial charge in [0.05, 0.1) is 6.42 Å². The van der Waals surface area contributed by atoms with Crippen LogP contribution in [0.25, 0.3) is 0 Å². The first kappa shape index (κ1) is 21.3. The standard InChI is InChI=1S/C21H24Cl2N2O2/c1-14(2)24-21(27)15(3)25(13-16-8-5-4-6-9-16)20(26)12-17-18(22)10-7-11-19(17)23/h4-11,14-15H,12-13H2,1-3H3,(H,24,27). The van der Waals surface area contributed by atoms with Gasteiger partial charge in [-0.05, 0) is 44.0 Å². The van der Waals surface area contributed by atoms with Crippen LogP contribution in [-0.2, 0) is 22.6 Å². The second-order valence-corrected chi connectivity index (χ2v) is 7.54. The number of hydrogen-bond donors (Lipinski definition) is 1. The van der Waals surface area contributed by atoms with Crippen molar-refractivity contribution in [3.8, 4) is 0 Å². The van der Waals surface area contributed by atoms with Crippen LogP contribution in [0.4, 0.5) is 0 Å². The zero-order chi connectivity index (χ0) is 20.0. The van der Waals surface area contributed by atoms with Gasteiger partial charge in [-0.25, -0.2) is 0 Å². The van der Waals surface area contributed by atoms with Crippen LogP contribution in [0.3, 0.4) is 0 Å². The largest absolute Gasteiger partial charge is 0.352 e. The van der Waals surface area contributed by atoms with E-state index in [1.807, 2.05) is 44.2 Å². The van der Waals surface area contributed by atoms with Crippen molar-refractivity contribution in [2.75, 3.05) is 0 Å². The first-order valence-corrected chi connectivity index (χ1v) is 9.61. The number of halogens is 2. The van der Waals surface area contributed by atoms with Gasteiger partial charge in [-0.3, -0.25) is 9.59 Å². The van der Waals surface area contributed by atoms with Gasteiger partial charge in [-0.15, -0.1) is 0 Å². The molecule has 0 spiro atoms. The lowest BCUT2D eigenvalue weighted by Crippen LogP contribution is -2.49. The normalized spacial score (nSPS) is 11.9. The molecular weight excluding hydrogens is 383 g/mol. The summed E-state index contributed by atoms with van der Waals surface area (Å²) in [6, 6.07) is 14.1. The molecule has 0 saturated carbocycles. The minimum absolute atomic E-state index is 0.00774. The fraction of sp³-hybridized carbons (Fsp3) is 0.333. The van der Waals surface area contributed by atoms with E-state index in [0.29, 0.717) is 22.2 Å². The summed E-state index contributed by atoms with van der Waals surface area (Å²) in [5.41, 5.74) is 1.51. The summed E-state index contributed by atoms with van der Waals surface area (Å²) < 4.78 is 0. The summed E-state index contributed by atoms with van der Waals surface area (Å²) in [5, 5.41) is 3.74. The van der Waals surface area contributed by atoms with Crippen LogP contribution in [0.5, 0.6) is 0 Å². The zero-order valence-electron chi connectivity index (χ0n) is 15.7. The van der Waals surface area contributed by atoms with Crippen LogP contribution in [-0.4, -0.2) is 28.8 Å². The molecular formula is C21H24Cl2N2O2. The molecule has 0 aliphatic heterocycles. The first-order valence-electron chi connectivity index (χ1n) is 8.86. The highest BCUT2D eigenvalue weighted by Crippen LogP contribution is 2.25. The van der Waals surface area contributed by atoms with Gasteiger partial charge in [0.25, 0.3) is 0 Å². The van der Waals surface area contributed by atoms with E-state index >= 15 is 0 Å². The Morgan fingerprint density at radius 3 is 2.11 bits per heavy atom. The Kier molecular flexibility index (Phi) is 7.69. The molecule has 27 heavy (non-hydrogen) atoms. The van der Waals surface area contributed by atoms with E-state index in [9.17, 15) is 9.59 Å². The molecule has 0 radical (unpaired) electrons. The molecule has 2 aromatic carbocycles. The summed E-state index contributed by atoms with van der Waals surface area (Å²) in [7, 11) is 0. The molecule has 0 fully saturated rings. The van der Waals surface area contributed by atoms with Crippen LogP contribution in [0.15, 0.2) is 48.5 Å². The summed E-state index contributed by atoms with van der Waals surface area (Å²) in [4.78, 5) is 27.2. The van der Waals surface area contributed by atoms with Gasteiger partial charge in [-0.2, -0.15) is 0 Å². The van der Waals surface area contributed by atoms with Gasteiger partial charge in [0, 0.05) is 22.6 Å². The number of rotatable bonds is 7. The highest BCUT2D eigenvalue weighted by atomic mass is 35.5. The number of carbonyl (C=O) groups excluding carboxylic acids is 2. The van der Waals surface area contributed by atoms with Crippen molar-refractivity contribution in [2.45, 2.75) is 45.8 Å². The van der Waals surface area contributed by atoms with Gasteiger partial charge in [0.1, 0.15) is 6.04 Å². The number of nitrogens with one attached hydrogen (secondary N) is 1. The van der Waals surface area contributed by atoms with Crippen LogP contribution in [0.2, 0.25) is 10.0 Å². The van der Waals surface area contributed by atoms with Crippen molar-refractivity contribution in [3.63, 3.8) is 0 Å². The highest BCUT2D eigenvalue weighted by molar-refractivity contribution is 6.36. The summed E-state index contributed by atoms with van der Waals surface area (Å²) >= 11 is 12.4. The number of nitrogens with zero attached hydrogens (tertiary/aromatic N) is 1. The SMILES string of the molecule is CC(C)NC(=O)C(C)N(Cc1ccccc1)C(=O)Cc1c(Cl)cccc1Cl. The fourth-order valence-corrected chi connectivity index (χ4v) is 3.25. The van der Waals surface area contributed by atoms with Crippen molar-refractivity contribution in [3.05, 3.63) is 69.7 Å². The highest BCUT2D eigenvalue weighted by Gasteiger charge is 2.27. The Labute approximate surface area is 170 Å².